The SMILES string of the molecule is CCOC(CCNC(C)c1c(C)noc1C)OCC. The van der Waals surface area contributed by atoms with Crippen molar-refractivity contribution >= 4 is 0 Å². The summed E-state index contributed by atoms with van der Waals surface area (Å²) >= 11 is 0. The van der Waals surface area contributed by atoms with Crippen LogP contribution >= 0.6 is 0 Å². The molecule has 0 aliphatic rings. The molecule has 0 saturated carbocycles. The van der Waals surface area contributed by atoms with Gasteiger partial charge in [0.1, 0.15) is 5.76 Å². The molecule has 1 aromatic heterocycles. The van der Waals surface area contributed by atoms with Crippen LogP contribution in [0.1, 0.15) is 50.3 Å². The first-order valence-electron chi connectivity index (χ1n) is 6.99. The van der Waals surface area contributed by atoms with E-state index in [4.69, 9.17) is 14.0 Å². The molecule has 5 nitrogen and oxygen atoms in total. The van der Waals surface area contributed by atoms with E-state index in [1.807, 2.05) is 27.7 Å². The molecule has 1 unspecified atom stereocenters. The predicted octanol–water partition coefficient (Wildman–Crippen LogP) is 2.73. The molecule has 1 rings (SSSR count). The van der Waals surface area contributed by atoms with Crippen molar-refractivity contribution in [3.63, 3.8) is 0 Å². The number of hydrogen-bond acceptors (Lipinski definition) is 5. The first-order chi connectivity index (χ1) is 9.10. The van der Waals surface area contributed by atoms with Gasteiger partial charge in [0, 0.05) is 37.8 Å². The van der Waals surface area contributed by atoms with Crippen LogP contribution in [-0.4, -0.2) is 31.2 Å². The van der Waals surface area contributed by atoms with Gasteiger partial charge in [0.05, 0.1) is 5.69 Å². The molecule has 0 aliphatic heterocycles. The molecule has 110 valence electrons. The first-order valence-corrected chi connectivity index (χ1v) is 6.99. The highest BCUT2D eigenvalue weighted by atomic mass is 16.7. The average Bonchev–Trinajstić information content (AvgIpc) is 2.69. The summed E-state index contributed by atoms with van der Waals surface area (Å²) in [4.78, 5) is 0. The third kappa shape index (κ3) is 4.93. The Hall–Kier alpha value is -0.910. The molecule has 0 spiro atoms. The van der Waals surface area contributed by atoms with Gasteiger partial charge in [-0.25, -0.2) is 0 Å². The second-order valence-electron chi connectivity index (χ2n) is 4.54. The van der Waals surface area contributed by atoms with Crippen LogP contribution in [0, 0.1) is 13.8 Å². The van der Waals surface area contributed by atoms with E-state index in [1.54, 1.807) is 0 Å². The van der Waals surface area contributed by atoms with Gasteiger partial charge in [-0.3, -0.25) is 0 Å². The second-order valence-corrected chi connectivity index (χ2v) is 4.54. The van der Waals surface area contributed by atoms with Crippen molar-refractivity contribution in [1.82, 2.24) is 10.5 Å². The van der Waals surface area contributed by atoms with Crippen LogP contribution in [0.25, 0.3) is 0 Å². The van der Waals surface area contributed by atoms with Crippen molar-refractivity contribution in [1.29, 1.82) is 0 Å². The van der Waals surface area contributed by atoms with Crippen LogP contribution in [0.4, 0.5) is 0 Å². The zero-order valence-electron chi connectivity index (χ0n) is 12.7. The molecule has 1 heterocycles. The molecule has 1 N–H and O–H groups in total. The lowest BCUT2D eigenvalue weighted by Crippen LogP contribution is -2.27. The van der Waals surface area contributed by atoms with E-state index in [2.05, 4.69) is 17.4 Å². The number of aromatic nitrogens is 1. The molecule has 0 aliphatic carbocycles. The maximum atomic E-state index is 5.51. The van der Waals surface area contributed by atoms with Crippen LogP contribution in [-0.2, 0) is 9.47 Å². The van der Waals surface area contributed by atoms with Crippen molar-refractivity contribution < 1.29 is 14.0 Å². The number of hydrogen-bond donors (Lipinski definition) is 1. The highest BCUT2D eigenvalue weighted by Gasteiger charge is 2.16. The zero-order chi connectivity index (χ0) is 14.3. The summed E-state index contributed by atoms with van der Waals surface area (Å²) in [6, 6.07) is 0.218. The lowest BCUT2D eigenvalue weighted by atomic mass is 10.1. The smallest absolute Gasteiger partial charge is 0.158 e. The highest BCUT2D eigenvalue weighted by Crippen LogP contribution is 2.20. The van der Waals surface area contributed by atoms with Crippen LogP contribution in [0.15, 0.2) is 4.52 Å². The lowest BCUT2D eigenvalue weighted by Gasteiger charge is -2.19. The van der Waals surface area contributed by atoms with Gasteiger partial charge < -0.3 is 19.3 Å². The molecule has 0 aromatic carbocycles. The van der Waals surface area contributed by atoms with Crippen LogP contribution < -0.4 is 5.32 Å². The van der Waals surface area contributed by atoms with Crippen LogP contribution in [0.2, 0.25) is 0 Å². The zero-order valence-corrected chi connectivity index (χ0v) is 12.7. The molecule has 0 amide bonds. The van der Waals surface area contributed by atoms with Gasteiger partial charge in [-0.05, 0) is 34.6 Å². The van der Waals surface area contributed by atoms with Crippen molar-refractivity contribution in [2.45, 2.75) is 53.4 Å². The fraction of sp³-hybridized carbons (Fsp3) is 0.786. The third-order valence-corrected chi connectivity index (χ3v) is 3.06. The van der Waals surface area contributed by atoms with Crippen molar-refractivity contribution in [2.24, 2.45) is 0 Å². The minimum atomic E-state index is -0.126. The molecule has 1 atom stereocenters. The maximum absolute atomic E-state index is 5.51. The van der Waals surface area contributed by atoms with Crippen LogP contribution in [0.5, 0.6) is 0 Å². The molecule has 5 heteroatoms. The summed E-state index contributed by atoms with van der Waals surface area (Å²) in [5, 5.41) is 7.43. The summed E-state index contributed by atoms with van der Waals surface area (Å²) in [7, 11) is 0. The monoisotopic (exact) mass is 270 g/mol. The Balaban J connectivity index is 2.39. The molecule has 0 saturated heterocycles. The van der Waals surface area contributed by atoms with E-state index in [0.717, 1.165) is 30.0 Å². The largest absolute Gasteiger partial charge is 0.361 e. The van der Waals surface area contributed by atoms with Crippen molar-refractivity contribution in [3.8, 4) is 0 Å². The Morgan fingerprint density at radius 1 is 1.21 bits per heavy atom. The van der Waals surface area contributed by atoms with E-state index in [9.17, 15) is 0 Å². The number of nitrogens with one attached hydrogen (secondary N) is 1. The van der Waals surface area contributed by atoms with Gasteiger partial charge in [0.2, 0.25) is 0 Å². The van der Waals surface area contributed by atoms with E-state index in [1.165, 1.54) is 0 Å². The van der Waals surface area contributed by atoms with Gasteiger partial charge in [-0.2, -0.15) is 0 Å². The number of nitrogens with zero attached hydrogens (tertiary/aromatic N) is 1. The van der Waals surface area contributed by atoms with Gasteiger partial charge >= 0.3 is 0 Å². The van der Waals surface area contributed by atoms with E-state index < -0.39 is 0 Å². The molecular formula is C14H26N2O3. The average molecular weight is 270 g/mol. The quantitative estimate of drug-likeness (QED) is 0.699. The minimum Gasteiger partial charge on any atom is -0.361 e. The molecule has 0 bridgehead atoms. The third-order valence-electron chi connectivity index (χ3n) is 3.06. The Morgan fingerprint density at radius 2 is 1.84 bits per heavy atom. The molecule has 0 fully saturated rings. The van der Waals surface area contributed by atoms with E-state index in [0.29, 0.717) is 13.2 Å². The Kier molecular flexibility index (Phi) is 7.05. The molecule has 1 aromatic rings. The minimum absolute atomic E-state index is 0.126. The second kappa shape index (κ2) is 8.30. The Morgan fingerprint density at radius 3 is 2.32 bits per heavy atom. The van der Waals surface area contributed by atoms with Crippen molar-refractivity contribution in [2.75, 3.05) is 19.8 Å². The fourth-order valence-corrected chi connectivity index (χ4v) is 2.21. The summed E-state index contributed by atoms with van der Waals surface area (Å²) in [6.07, 6.45) is 0.703. The van der Waals surface area contributed by atoms with Gasteiger partial charge in [0.15, 0.2) is 6.29 Å². The van der Waals surface area contributed by atoms with Crippen molar-refractivity contribution in [3.05, 3.63) is 17.0 Å². The van der Waals surface area contributed by atoms with E-state index in [-0.39, 0.29) is 12.3 Å². The molecule has 0 radical (unpaired) electrons. The Labute approximate surface area is 115 Å². The van der Waals surface area contributed by atoms with Crippen LogP contribution in [0.3, 0.4) is 0 Å². The predicted molar refractivity (Wildman–Crippen MR) is 74.1 cm³/mol. The number of rotatable bonds is 9. The first kappa shape index (κ1) is 16.1. The fourth-order valence-electron chi connectivity index (χ4n) is 2.21. The lowest BCUT2D eigenvalue weighted by molar-refractivity contribution is -0.138. The molecular weight excluding hydrogens is 244 g/mol. The number of ether oxygens (including phenoxy) is 2. The summed E-state index contributed by atoms with van der Waals surface area (Å²) < 4.78 is 16.2. The summed E-state index contributed by atoms with van der Waals surface area (Å²) in [5.74, 6) is 0.878. The van der Waals surface area contributed by atoms with Gasteiger partial charge in [-0.1, -0.05) is 5.16 Å². The summed E-state index contributed by atoms with van der Waals surface area (Å²) in [5.41, 5.74) is 2.09. The number of aryl methyl sites for hydroxylation is 2. The highest BCUT2D eigenvalue weighted by molar-refractivity contribution is 5.24. The van der Waals surface area contributed by atoms with Gasteiger partial charge in [-0.15, -0.1) is 0 Å². The normalized spacial score (nSPS) is 13.2. The summed E-state index contributed by atoms with van der Waals surface area (Å²) in [6.45, 7) is 12.1. The topological polar surface area (TPSA) is 56.5 Å². The van der Waals surface area contributed by atoms with Gasteiger partial charge in [0.25, 0.3) is 0 Å². The molecule has 19 heavy (non-hydrogen) atoms. The van der Waals surface area contributed by atoms with E-state index >= 15 is 0 Å². The standard InChI is InChI=1S/C14H26N2O3/c1-6-17-13(18-7-2)8-9-15-10(3)14-11(4)16-19-12(14)5/h10,13,15H,6-9H2,1-5H3. The maximum Gasteiger partial charge on any atom is 0.158 e. The Bertz CT molecular complexity index is 340.